The summed E-state index contributed by atoms with van der Waals surface area (Å²) in [4.78, 5) is 11.2. The number of carbonyl (C=O) groups excluding carboxylic acids is 1. The molecule has 0 atom stereocenters. The molecule has 1 amide bonds. The minimum atomic E-state index is -3.88. The predicted octanol–water partition coefficient (Wildman–Crippen LogP) is 2.04. The molecule has 0 spiro atoms. The highest BCUT2D eigenvalue weighted by molar-refractivity contribution is 8.13. The van der Waals surface area contributed by atoms with Crippen molar-refractivity contribution in [2.75, 3.05) is 7.11 Å². The first kappa shape index (κ1) is 15.8. The lowest BCUT2D eigenvalue weighted by Gasteiger charge is -2.09. The van der Waals surface area contributed by atoms with Gasteiger partial charge in [-0.15, -0.1) is 0 Å². The minimum absolute atomic E-state index is 0.0754. The van der Waals surface area contributed by atoms with E-state index in [0.717, 1.165) is 6.42 Å². The van der Waals surface area contributed by atoms with Crippen molar-refractivity contribution >= 4 is 25.6 Å². The average Bonchev–Trinajstić information content (AvgIpc) is 2.35. The van der Waals surface area contributed by atoms with Gasteiger partial charge in [-0.05, 0) is 24.1 Å². The smallest absolute Gasteiger partial charge is 0.264 e. The van der Waals surface area contributed by atoms with Gasteiger partial charge in [0.05, 0.1) is 7.11 Å². The van der Waals surface area contributed by atoms with E-state index < -0.39 is 9.05 Å². The monoisotopic (exact) mass is 305 g/mol. The van der Waals surface area contributed by atoms with Gasteiger partial charge in [0.2, 0.25) is 5.91 Å². The van der Waals surface area contributed by atoms with Crippen LogP contribution in [0, 0.1) is 0 Å². The van der Waals surface area contributed by atoms with Crippen molar-refractivity contribution in [3.8, 4) is 5.75 Å². The molecular weight excluding hydrogens is 290 g/mol. The van der Waals surface area contributed by atoms with Crippen molar-refractivity contribution in [2.45, 2.75) is 31.2 Å². The molecule has 1 aromatic carbocycles. The third-order valence-electron chi connectivity index (χ3n) is 2.46. The van der Waals surface area contributed by atoms with Gasteiger partial charge in [0, 0.05) is 23.6 Å². The van der Waals surface area contributed by atoms with E-state index in [2.05, 4.69) is 5.32 Å². The maximum absolute atomic E-state index is 11.4. The highest BCUT2D eigenvalue weighted by Crippen LogP contribution is 2.27. The number of rotatable bonds is 6. The molecule has 0 aliphatic rings. The zero-order valence-corrected chi connectivity index (χ0v) is 12.3. The molecule has 5 nitrogen and oxygen atoms in total. The van der Waals surface area contributed by atoms with E-state index >= 15 is 0 Å². The second-order valence-corrected chi connectivity index (χ2v) is 6.48. The molecule has 7 heteroatoms. The number of methoxy groups -OCH3 is 1. The van der Waals surface area contributed by atoms with Gasteiger partial charge in [0.15, 0.2) is 0 Å². The first-order chi connectivity index (χ1) is 8.88. The highest BCUT2D eigenvalue weighted by Gasteiger charge is 2.17. The Kier molecular flexibility index (Phi) is 5.62. The van der Waals surface area contributed by atoms with E-state index in [1.165, 1.54) is 19.2 Å². The van der Waals surface area contributed by atoms with Crippen LogP contribution in [0.3, 0.4) is 0 Å². The molecule has 0 saturated heterocycles. The molecule has 0 aliphatic heterocycles. The average molecular weight is 306 g/mol. The van der Waals surface area contributed by atoms with Crippen LogP contribution in [0.4, 0.5) is 0 Å². The Morgan fingerprint density at radius 3 is 2.63 bits per heavy atom. The highest BCUT2D eigenvalue weighted by atomic mass is 35.7. The number of hydrogen-bond acceptors (Lipinski definition) is 4. The third-order valence-corrected chi connectivity index (χ3v) is 3.80. The number of nitrogens with one attached hydrogen (secondary N) is 1. The molecule has 0 bridgehead atoms. The van der Waals surface area contributed by atoms with Crippen molar-refractivity contribution in [2.24, 2.45) is 0 Å². The van der Waals surface area contributed by atoms with Crippen LogP contribution in [0.1, 0.15) is 25.3 Å². The van der Waals surface area contributed by atoms with Gasteiger partial charge in [-0.1, -0.05) is 13.0 Å². The summed E-state index contributed by atoms with van der Waals surface area (Å²) in [7, 11) is 2.81. The summed E-state index contributed by atoms with van der Waals surface area (Å²) in [5.41, 5.74) is 0.643. The Morgan fingerprint density at radius 1 is 1.42 bits per heavy atom. The number of ether oxygens (including phenoxy) is 1. The molecule has 0 unspecified atom stereocenters. The van der Waals surface area contributed by atoms with E-state index in [9.17, 15) is 13.2 Å². The lowest BCUT2D eigenvalue weighted by atomic mass is 10.2. The molecule has 0 heterocycles. The molecule has 0 radical (unpaired) electrons. The Hall–Kier alpha value is -1.27. The van der Waals surface area contributed by atoms with E-state index in [-0.39, 0.29) is 23.1 Å². The number of carbonyl (C=O) groups is 1. The Labute approximate surface area is 117 Å². The lowest BCUT2D eigenvalue weighted by molar-refractivity contribution is -0.121. The summed E-state index contributed by atoms with van der Waals surface area (Å²) in [5, 5.41) is 2.70. The Bertz CT molecular complexity index is 557. The molecule has 19 heavy (non-hydrogen) atoms. The second kappa shape index (κ2) is 6.77. The van der Waals surface area contributed by atoms with Gasteiger partial charge in [0.25, 0.3) is 9.05 Å². The van der Waals surface area contributed by atoms with Crippen LogP contribution in [0.15, 0.2) is 23.1 Å². The molecule has 0 aliphatic carbocycles. The van der Waals surface area contributed by atoms with Gasteiger partial charge >= 0.3 is 0 Å². The van der Waals surface area contributed by atoms with E-state index in [4.69, 9.17) is 15.4 Å². The summed E-state index contributed by atoms with van der Waals surface area (Å²) in [5.74, 6) is 0.104. The maximum atomic E-state index is 11.4. The first-order valence-corrected chi connectivity index (χ1v) is 8.07. The van der Waals surface area contributed by atoms with Crippen molar-refractivity contribution in [3.05, 3.63) is 23.8 Å². The topological polar surface area (TPSA) is 72.5 Å². The third kappa shape index (κ3) is 4.72. The first-order valence-electron chi connectivity index (χ1n) is 5.76. The number of benzene rings is 1. The molecule has 0 saturated carbocycles. The quantitative estimate of drug-likeness (QED) is 0.816. The second-order valence-electron chi connectivity index (χ2n) is 3.95. The largest absolute Gasteiger partial charge is 0.495 e. The lowest BCUT2D eigenvalue weighted by Crippen LogP contribution is -2.22. The predicted molar refractivity (Wildman–Crippen MR) is 72.8 cm³/mol. The van der Waals surface area contributed by atoms with Crippen molar-refractivity contribution in [1.29, 1.82) is 0 Å². The van der Waals surface area contributed by atoms with E-state index in [1.807, 2.05) is 6.92 Å². The summed E-state index contributed by atoms with van der Waals surface area (Å²) in [6, 6.07) is 4.58. The van der Waals surface area contributed by atoms with Gasteiger partial charge in [0.1, 0.15) is 10.6 Å². The van der Waals surface area contributed by atoms with Crippen LogP contribution < -0.4 is 10.1 Å². The van der Waals surface area contributed by atoms with E-state index in [0.29, 0.717) is 12.0 Å². The number of amides is 1. The molecule has 1 aromatic rings. The molecule has 1 rings (SSSR count). The van der Waals surface area contributed by atoms with Crippen LogP contribution in [-0.4, -0.2) is 21.4 Å². The SMILES string of the molecule is CCCC(=O)NCc1ccc(OC)c(S(=O)(=O)Cl)c1. The molecule has 0 aromatic heterocycles. The molecule has 0 fully saturated rings. The number of halogens is 1. The maximum Gasteiger partial charge on any atom is 0.264 e. The summed E-state index contributed by atoms with van der Waals surface area (Å²) in [6.07, 6.45) is 1.20. The Balaban J connectivity index is 2.90. The van der Waals surface area contributed by atoms with Crippen LogP contribution in [0.5, 0.6) is 5.75 Å². The summed E-state index contributed by atoms with van der Waals surface area (Å²) < 4.78 is 27.7. The van der Waals surface area contributed by atoms with Gasteiger partial charge in [-0.2, -0.15) is 0 Å². The van der Waals surface area contributed by atoms with Crippen LogP contribution >= 0.6 is 10.7 Å². The van der Waals surface area contributed by atoms with Crippen molar-refractivity contribution in [3.63, 3.8) is 0 Å². The zero-order valence-electron chi connectivity index (χ0n) is 10.8. The zero-order chi connectivity index (χ0) is 14.5. The van der Waals surface area contributed by atoms with Gasteiger partial charge < -0.3 is 10.1 Å². The fourth-order valence-electron chi connectivity index (χ4n) is 1.54. The minimum Gasteiger partial charge on any atom is -0.495 e. The van der Waals surface area contributed by atoms with E-state index in [1.54, 1.807) is 6.07 Å². The molecule has 106 valence electrons. The standard InChI is InChI=1S/C12H16ClNO4S/c1-3-4-12(15)14-8-9-5-6-10(18-2)11(7-9)19(13,16)17/h5-7H,3-4,8H2,1-2H3,(H,14,15). The normalized spacial score (nSPS) is 11.1. The molecular formula is C12H16ClNO4S. The van der Waals surface area contributed by atoms with Crippen LogP contribution in [0.25, 0.3) is 0 Å². The summed E-state index contributed by atoms with van der Waals surface area (Å²) in [6.45, 7) is 2.16. The Morgan fingerprint density at radius 2 is 2.11 bits per heavy atom. The van der Waals surface area contributed by atoms with Crippen LogP contribution in [0.2, 0.25) is 0 Å². The fourth-order valence-corrected chi connectivity index (χ4v) is 2.58. The van der Waals surface area contributed by atoms with Gasteiger partial charge in [-0.25, -0.2) is 8.42 Å². The number of hydrogen-bond donors (Lipinski definition) is 1. The summed E-state index contributed by atoms with van der Waals surface area (Å²) >= 11 is 0. The molecule has 1 N–H and O–H groups in total. The van der Waals surface area contributed by atoms with Crippen molar-refractivity contribution in [1.82, 2.24) is 5.32 Å². The van der Waals surface area contributed by atoms with Crippen molar-refractivity contribution < 1.29 is 17.9 Å². The fraction of sp³-hybridized carbons (Fsp3) is 0.417. The van der Waals surface area contributed by atoms with Crippen LogP contribution in [-0.2, 0) is 20.4 Å². The van der Waals surface area contributed by atoms with Gasteiger partial charge in [-0.3, -0.25) is 4.79 Å².